The minimum Gasteiger partial charge on any atom is -0.473 e. The molecule has 1 saturated carbocycles. The van der Waals surface area contributed by atoms with Crippen molar-refractivity contribution in [3.8, 4) is 0 Å². The molecule has 27 heavy (non-hydrogen) atoms. The third kappa shape index (κ3) is 10.1. The molecule has 0 unspecified atom stereocenters. The number of carbonyl (C=O) groups excluding carboxylic acids is 1. The van der Waals surface area contributed by atoms with Gasteiger partial charge in [0.05, 0.1) is 0 Å². The van der Waals surface area contributed by atoms with Crippen molar-refractivity contribution in [3.63, 3.8) is 0 Å². The van der Waals surface area contributed by atoms with Crippen molar-refractivity contribution in [2.24, 2.45) is 5.92 Å². The summed E-state index contributed by atoms with van der Waals surface area (Å²) in [7, 11) is 0. The number of carboxylic acids is 2. The second-order valence-corrected chi connectivity index (χ2v) is 7.47. The van der Waals surface area contributed by atoms with Gasteiger partial charge in [-0.2, -0.15) is 0 Å². The molecule has 0 radical (unpaired) electrons. The molecule has 1 aliphatic rings. The van der Waals surface area contributed by atoms with Gasteiger partial charge < -0.3 is 20.4 Å². The Labute approximate surface area is 167 Å². The minimum absolute atomic E-state index is 0.105. The molecule has 0 heterocycles. The van der Waals surface area contributed by atoms with Crippen molar-refractivity contribution in [1.82, 2.24) is 4.90 Å². The van der Waals surface area contributed by atoms with E-state index >= 15 is 0 Å². The average molecular weight is 443 g/mol. The smallest absolute Gasteiger partial charge is 0.414 e. The van der Waals surface area contributed by atoms with Gasteiger partial charge in [0.25, 0.3) is 0 Å². The van der Waals surface area contributed by atoms with Crippen molar-refractivity contribution >= 4 is 39.5 Å². The molecular formula is C19H27BrN2O5. The molecule has 1 amide bonds. The van der Waals surface area contributed by atoms with E-state index in [-0.39, 0.29) is 5.91 Å². The lowest BCUT2D eigenvalue weighted by Crippen LogP contribution is -2.30. The predicted octanol–water partition coefficient (Wildman–Crippen LogP) is 3.36. The highest BCUT2D eigenvalue weighted by Crippen LogP contribution is 2.29. The van der Waals surface area contributed by atoms with Crippen LogP contribution in [0.15, 0.2) is 22.7 Å². The van der Waals surface area contributed by atoms with Crippen molar-refractivity contribution in [2.45, 2.75) is 39.5 Å². The maximum atomic E-state index is 12.1. The second-order valence-electron chi connectivity index (χ2n) is 6.62. The summed E-state index contributed by atoms with van der Waals surface area (Å²) in [6.07, 6.45) is 4.46. The molecule has 0 aliphatic heterocycles. The Kier molecular flexibility index (Phi) is 10.0. The van der Waals surface area contributed by atoms with Gasteiger partial charge in [0, 0.05) is 29.7 Å². The molecule has 1 aliphatic carbocycles. The van der Waals surface area contributed by atoms with E-state index in [1.165, 1.54) is 19.4 Å². The highest BCUT2D eigenvalue weighted by atomic mass is 79.9. The quantitative estimate of drug-likeness (QED) is 0.532. The van der Waals surface area contributed by atoms with Gasteiger partial charge in [-0.25, -0.2) is 9.59 Å². The van der Waals surface area contributed by atoms with Gasteiger partial charge in [0.15, 0.2) is 0 Å². The van der Waals surface area contributed by atoms with Crippen LogP contribution in [0.4, 0.5) is 5.69 Å². The molecule has 0 saturated heterocycles. The fraction of sp³-hybridized carbons (Fsp3) is 0.526. The highest BCUT2D eigenvalue weighted by molar-refractivity contribution is 9.10. The lowest BCUT2D eigenvalue weighted by atomic mass is 10.2. The summed E-state index contributed by atoms with van der Waals surface area (Å²) in [6.45, 7) is 7.36. The molecule has 1 fully saturated rings. The zero-order valence-electron chi connectivity index (χ0n) is 15.7. The summed E-state index contributed by atoms with van der Waals surface area (Å²) in [5, 5.41) is 17.8. The molecule has 1 aromatic rings. The number of hydrogen-bond donors (Lipinski definition) is 3. The molecule has 1 aromatic carbocycles. The van der Waals surface area contributed by atoms with Crippen molar-refractivity contribution in [3.05, 3.63) is 28.2 Å². The Morgan fingerprint density at radius 3 is 2.30 bits per heavy atom. The number of benzene rings is 1. The number of nitrogens with zero attached hydrogens (tertiary/aromatic N) is 1. The topological polar surface area (TPSA) is 107 Å². The van der Waals surface area contributed by atoms with Crippen LogP contribution < -0.4 is 5.32 Å². The molecule has 2 rings (SSSR count). The van der Waals surface area contributed by atoms with Gasteiger partial charge in [0.2, 0.25) is 5.91 Å². The number of carboxylic acid groups (broad SMARTS) is 2. The SMILES string of the molecule is CCCN(CCC(=O)Nc1ccc(Br)c(C)c1)CC1CC1.O=C(O)C(=O)O. The number of halogens is 1. The van der Waals surface area contributed by atoms with Crippen molar-refractivity contribution in [1.29, 1.82) is 0 Å². The first-order chi connectivity index (χ1) is 12.7. The fourth-order valence-electron chi connectivity index (χ4n) is 2.48. The van der Waals surface area contributed by atoms with Crippen LogP contribution in [0, 0.1) is 12.8 Å². The van der Waals surface area contributed by atoms with Crippen LogP contribution in [0.2, 0.25) is 0 Å². The summed E-state index contributed by atoms with van der Waals surface area (Å²) < 4.78 is 1.07. The number of nitrogens with one attached hydrogen (secondary N) is 1. The predicted molar refractivity (Wildman–Crippen MR) is 107 cm³/mol. The van der Waals surface area contributed by atoms with E-state index in [4.69, 9.17) is 19.8 Å². The molecule has 3 N–H and O–H groups in total. The van der Waals surface area contributed by atoms with Gasteiger partial charge in [-0.15, -0.1) is 0 Å². The van der Waals surface area contributed by atoms with Crippen LogP contribution in [0.25, 0.3) is 0 Å². The zero-order valence-corrected chi connectivity index (χ0v) is 17.3. The molecule has 0 spiro atoms. The summed E-state index contributed by atoms with van der Waals surface area (Å²) in [5.41, 5.74) is 2.01. The average Bonchev–Trinajstić information content (AvgIpc) is 3.41. The third-order valence-electron chi connectivity index (χ3n) is 4.03. The van der Waals surface area contributed by atoms with E-state index in [0.29, 0.717) is 6.42 Å². The van der Waals surface area contributed by atoms with E-state index in [0.717, 1.165) is 41.2 Å². The van der Waals surface area contributed by atoms with Crippen LogP contribution >= 0.6 is 15.9 Å². The molecule has 150 valence electrons. The van der Waals surface area contributed by atoms with Crippen LogP contribution in [-0.4, -0.2) is 52.6 Å². The Morgan fingerprint density at radius 2 is 1.81 bits per heavy atom. The maximum absolute atomic E-state index is 12.1. The van der Waals surface area contributed by atoms with Gasteiger partial charge in [-0.1, -0.05) is 22.9 Å². The largest absolute Gasteiger partial charge is 0.473 e. The van der Waals surface area contributed by atoms with Gasteiger partial charge in [0.1, 0.15) is 0 Å². The molecular weight excluding hydrogens is 416 g/mol. The zero-order chi connectivity index (χ0) is 20.4. The monoisotopic (exact) mass is 442 g/mol. The minimum atomic E-state index is -1.82. The number of aliphatic carboxylic acids is 2. The summed E-state index contributed by atoms with van der Waals surface area (Å²) >= 11 is 3.47. The summed E-state index contributed by atoms with van der Waals surface area (Å²) in [6, 6.07) is 5.90. The van der Waals surface area contributed by atoms with Crippen LogP contribution in [0.3, 0.4) is 0 Å². The fourth-order valence-corrected chi connectivity index (χ4v) is 2.73. The van der Waals surface area contributed by atoms with Crippen molar-refractivity contribution < 1.29 is 24.6 Å². The molecule has 0 atom stereocenters. The summed E-state index contributed by atoms with van der Waals surface area (Å²) in [4.78, 5) is 32.7. The number of rotatable bonds is 8. The first kappa shape index (κ1) is 23.1. The standard InChI is InChI=1S/C17H25BrN2O.C2H2O4/c1-3-9-20(12-14-4-5-14)10-8-17(21)19-15-6-7-16(18)13(2)11-15;3-1(4)2(5)6/h6-7,11,14H,3-5,8-10,12H2,1-2H3,(H,19,21);(H,3,4)(H,5,6). The van der Waals surface area contributed by atoms with Crippen molar-refractivity contribution in [2.75, 3.05) is 25.0 Å². The number of hydrogen-bond acceptors (Lipinski definition) is 4. The Morgan fingerprint density at radius 1 is 1.19 bits per heavy atom. The van der Waals surface area contributed by atoms with Gasteiger partial charge in [-0.05, 0) is 62.4 Å². The van der Waals surface area contributed by atoms with Crippen LogP contribution in [0.1, 0.15) is 38.2 Å². The lowest BCUT2D eigenvalue weighted by Gasteiger charge is -2.21. The first-order valence-corrected chi connectivity index (χ1v) is 9.76. The lowest BCUT2D eigenvalue weighted by molar-refractivity contribution is -0.159. The first-order valence-electron chi connectivity index (χ1n) is 8.97. The molecule has 8 heteroatoms. The number of carbonyl (C=O) groups is 3. The van der Waals surface area contributed by atoms with E-state index in [1.54, 1.807) is 0 Å². The van der Waals surface area contributed by atoms with E-state index in [1.807, 2.05) is 25.1 Å². The van der Waals surface area contributed by atoms with Crippen LogP contribution in [0.5, 0.6) is 0 Å². The molecule has 0 aromatic heterocycles. The summed E-state index contributed by atoms with van der Waals surface area (Å²) in [5.74, 6) is -2.66. The Balaban J connectivity index is 0.000000527. The third-order valence-corrected chi connectivity index (χ3v) is 4.92. The van der Waals surface area contributed by atoms with Gasteiger partial charge >= 0.3 is 11.9 Å². The Bertz CT molecular complexity index is 650. The van der Waals surface area contributed by atoms with E-state index in [9.17, 15) is 4.79 Å². The number of amides is 1. The highest BCUT2D eigenvalue weighted by Gasteiger charge is 2.24. The van der Waals surface area contributed by atoms with E-state index < -0.39 is 11.9 Å². The van der Waals surface area contributed by atoms with E-state index in [2.05, 4.69) is 33.1 Å². The number of anilines is 1. The molecule has 0 bridgehead atoms. The second kappa shape index (κ2) is 11.7. The van der Waals surface area contributed by atoms with Gasteiger partial charge in [-0.3, -0.25) is 4.79 Å². The molecule has 7 nitrogen and oxygen atoms in total. The Hall–Kier alpha value is -1.93. The van der Waals surface area contributed by atoms with Crippen LogP contribution in [-0.2, 0) is 14.4 Å². The normalized spacial score (nSPS) is 12.9. The maximum Gasteiger partial charge on any atom is 0.414 e. The number of aryl methyl sites for hydroxylation is 1.